The fourth-order valence-electron chi connectivity index (χ4n) is 8.55. The number of nitrogens with zero attached hydrogens (tertiary/aromatic N) is 2. The Bertz CT molecular complexity index is 1090. The van der Waals surface area contributed by atoms with E-state index in [2.05, 4.69) is 40.2 Å². The van der Waals surface area contributed by atoms with Gasteiger partial charge in [-0.1, -0.05) is 18.2 Å². The number of hydrogen-bond acceptors (Lipinski definition) is 6. The molecular formula is C26H30N2O3S. The number of rotatable bonds is 5. The molecule has 6 heteroatoms. The molecule has 4 bridgehead atoms. The van der Waals surface area contributed by atoms with Crippen LogP contribution >= 0.6 is 12.2 Å². The lowest BCUT2D eigenvalue weighted by molar-refractivity contribution is -0.218. The number of piperidine rings is 1. The Morgan fingerprint density at radius 3 is 2.97 bits per heavy atom. The number of likely N-dealkylation sites (tertiary alicyclic amines) is 1. The molecule has 168 valence electrons. The molecule has 1 aromatic rings. The first-order valence-electron chi connectivity index (χ1n) is 12.1. The minimum Gasteiger partial charge on any atom is -0.504 e. The van der Waals surface area contributed by atoms with Crippen molar-refractivity contribution in [3.63, 3.8) is 0 Å². The molecule has 5 nitrogen and oxygen atoms in total. The van der Waals surface area contributed by atoms with Crippen molar-refractivity contribution in [2.75, 3.05) is 20.2 Å². The standard InChI is InChI=1S/C26H30N2O3S/c1-15(27-14-32)18-12-24-7-8-26(18,30-2)23-25(24)9-10-28(13-16-3-4-16)20(24)11-17-5-6-19(29)22(31-23)21(17)25/h5-8,15-16,18,20,23,29H,3-4,9-13H2,1-2H3/t15-,18?,20?,23-,24-,25?,26-/m1/s1. The molecule has 2 saturated carbocycles. The molecule has 1 saturated heterocycles. The molecule has 1 aromatic carbocycles. The van der Waals surface area contributed by atoms with Gasteiger partial charge in [0.2, 0.25) is 0 Å². The maximum Gasteiger partial charge on any atom is 0.165 e. The van der Waals surface area contributed by atoms with Gasteiger partial charge in [0.1, 0.15) is 11.7 Å². The van der Waals surface area contributed by atoms with Crippen LogP contribution in [0.2, 0.25) is 0 Å². The zero-order valence-electron chi connectivity index (χ0n) is 18.7. The number of aliphatic imine (C=N–C) groups is 1. The molecule has 8 rings (SSSR count). The smallest absolute Gasteiger partial charge is 0.165 e. The summed E-state index contributed by atoms with van der Waals surface area (Å²) in [5, 5.41) is 13.5. The second kappa shape index (κ2) is 6.24. The average molecular weight is 451 g/mol. The molecule has 2 spiro atoms. The molecule has 0 radical (unpaired) electrons. The van der Waals surface area contributed by atoms with E-state index in [1.807, 2.05) is 6.07 Å². The summed E-state index contributed by atoms with van der Waals surface area (Å²) in [6.07, 6.45) is 10.4. The maximum atomic E-state index is 10.9. The van der Waals surface area contributed by atoms with Gasteiger partial charge in [0.15, 0.2) is 11.5 Å². The fourth-order valence-corrected chi connectivity index (χ4v) is 8.72. The van der Waals surface area contributed by atoms with Crippen LogP contribution in [0.4, 0.5) is 0 Å². The molecule has 1 N–H and O–H groups in total. The van der Waals surface area contributed by atoms with Gasteiger partial charge in [0.25, 0.3) is 0 Å². The molecular weight excluding hydrogens is 420 g/mol. The second-order valence-corrected chi connectivity index (χ2v) is 11.2. The number of ether oxygens (including phenoxy) is 2. The zero-order chi connectivity index (χ0) is 21.9. The number of methoxy groups -OCH3 is 1. The lowest BCUT2D eigenvalue weighted by atomic mass is 9.36. The molecule has 7 aliphatic rings. The van der Waals surface area contributed by atoms with E-state index in [1.54, 1.807) is 7.11 Å². The molecule has 3 fully saturated rings. The van der Waals surface area contributed by atoms with Crippen LogP contribution in [-0.4, -0.2) is 59.2 Å². The van der Waals surface area contributed by atoms with Crippen molar-refractivity contribution in [3.05, 3.63) is 35.4 Å². The van der Waals surface area contributed by atoms with E-state index in [0.717, 1.165) is 31.7 Å². The highest BCUT2D eigenvalue weighted by molar-refractivity contribution is 7.78. The lowest BCUT2D eigenvalue weighted by Crippen LogP contribution is -2.80. The average Bonchev–Trinajstić information content (AvgIpc) is 3.54. The van der Waals surface area contributed by atoms with Crippen molar-refractivity contribution in [2.45, 2.75) is 68.2 Å². The van der Waals surface area contributed by atoms with Crippen LogP contribution < -0.4 is 4.74 Å². The summed E-state index contributed by atoms with van der Waals surface area (Å²) in [5.41, 5.74) is 1.81. The zero-order valence-corrected chi connectivity index (χ0v) is 19.5. The van der Waals surface area contributed by atoms with Crippen LogP contribution in [0.3, 0.4) is 0 Å². The van der Waals surface area contributed by atoms with Gasteiger partial charge in [-0.25, -0.2) is 4.99 Å². The minimum atomic E-state index is -0.597. The van der Waals surface area contributed by atoms with E-state index in [0.29, 0.717) is 11.8 Å². The van der Waals surface area contributed by atoms with Gasteiger partial charge in [-0.2, -0.15) is 0 Å². The third-order valence-corrected chi connectivity index (χ3v) is 10.1. The summed E-state index contributed by atoms with van der Waals surface area (Å²) < 4.78 is 13.2. The molecule has 2 heterocycles. The van der Waals surface area contributed by atoms with Crippen molar-refractivity contribution in [1.29, 1.82) is 0 Å². The number of phenolic OH excluding ortho intramolecular Hbond substituents is 1. The Morgan fingerprint density at radius 1 is 1.38 bits per heavy atom. The van der Waals surface area contributed by atoms with Gasteiger partial charge in [0.05, 0.1) is 16.6 Å². The highest BCUT2D eigenvalue weighted by Gasteiger charge is 2.79. The first kappa shape index (κ1) is 19.7. The predicted octanol–water partition coefficient (Wildman–Crippen LogP) is 3.88. The number of isothiocyanates is 1. The van der Waals surface area contributed by atoms with E-state index in [1.165, 1.54) is 30.5 Å². The quantitative estimate of drug-likeness (QED) is 0.419. The Labute approximate surface area is 194 Å². The number of benzene rings is 1. The summed E-state index contributed by atoms with van der Waals surface area (Å²) >= 11 is 4.99. The van der Waals surface area contributed by atoms with Gasteiger partial charge in [-0.05, 0) is 75.3 Å². The predicted molar refractivity (Wildman–Crippen MR) is 125 cm³/mol. The summed E-state index contributed by atoms with van der Waals surface area (Å²) in [4.78, 5) is 7.31. The third kappa shape index (κ3) is 2.05. The van der Waals surface area contributed by atoms with Crippen LogP contribution in [0.1, 0.15) is 43.7 Å². The van der Waals surface area contributed by atoms with Crippen LogP contribution in [0, 0.1) is 17.3 Å². The van der Waals surface area contributed by atoms with E-state index >= 15 is 0 Å². The van der Waals surface area contributed by atoms with Crippen molar-refractivity contribution >= 4 is 17.4 Å². The van der Waals surface area contributed by atoms with E-state index in [4.69, 9.17) is 21.7 Å². The van der Waals surface area contributed by atoms with E-state index in [9.17, 15) is 5.11 Å². The normalized spacial score (nSPS) is 43.4. The number of thiocarbonyl (C=S) groups is 1. The van der Waals surface area contributed by atoms with Crippen molar-refractivity contribution in [1.82, 2.24) is 4.90 Å². The Hall–Kier alpha value is -1.72. The topological polar surface area (TPSA) is 54.3 Å². The number of aromatic hydroxyl groups is 1. The van der Waals surface area contributed by atoms with Crippen LogP contribution in [0.15, 0.2) is 29.3 Å². The molecule has 0 amide bonds. The lowest BCUT2D eigenvalue weighted by Gasteiger charge is -2.71. The van der Waals surface area contributed by atoms with Gasteiger partial charge >= 0.3 is 0 Å². The van der Waals surface area contributed by atoms with Gasteiger partial charge in [0, 0.05) is 36.6 Å². The number of hydrogen-bond donors (Lipinski definition) is 1. The number of fused-ring (bicyclic) bond motifs is 1. The van der Waals surface area contributed by atoms with Crippen molar-refractivity contribution < 1.29 is 14.6 Å². The van der Waals surface area contributed by atoms with Gasteiger partial charge in [-0.3, -0.25) is 4.90 Å². The fraction of sp³-hybridized carbons (Fsp3) is 0.654. The Kier molecular flexibility index (Phi) is 3.84. The monoisotopic (exact) mass is 450 g/mol. The maximum absolute atomic E-state index is 10.9. The summed E-state index contributed by atoms with van der Waals surface area (Å²) in [5.74, 6) is 1.96. The Balaban J connectivity index is 1.49. The molecule has 3 unspecified atom stereocenters. The Morgan fingerprint density at radius 2 is 2.22 bits per heavy atom. The van der Waals surface area contributed by atoms with Crippen LogP contribution in [0.25, 0.3) is 0 Å². The molecule has 2 aliphatic heterocycles. The second-order valence-electron chi connectivity index (χ2n) is 11.0. The summed E-state index contributed by atoms with van der Waals surface area (Å²) in [6, 6.07) is 4.39. The SMILES string of the molecule is CO[C@]12C=C[C@@]3(CC1[C@@H](C)N=C=S)C1Cc4ccc(O)c5c4C3(CCN1CC1CC1)[C@H]2O5. The summed E-state index contributed by atoms with van der Waals surface area (Å²) in [7, 11) is 1.80. The van der Waals surface area contributed by atoms with Gasteiger partial charge in [-0.15, -0.1) is 0 Å². The van der Waals surface area contributed by atoms with Crippen LogP contribution in [0.5, 0.6) is 11.5 Å². The molecule has 5 aliphatic carbocycles. The van der Waals surface area contributed by atoms with Crippen LogP contribution in [-0.2, 0) is 16.6 Å². The summed E-state index contributed by atoms with van der Waals surface area (Å²) in [6.45, 7) is 4.42. The first-order valence-corrected chi connectivity index (χ1v) is 12.5. The van der Waals surface area contributed by atoms with Crippen molar-refractivity contribution in [2.24, 2.45) is 22.2 Å². The third-order valence-electron chi connectivity index (χ3n) is 10.00. The largest absolute Gasteiger partial charge is 0.504 e. The molecule has 0 aromatic heterocycles. The van der Waals surface area contributed by atoms with E-state index < -0.39 is 5.60 Å². The highest BCUT2D eigenvalue weighted by atomic mass is 32.1. The molecule has 32 heavy (non-hydrogen) atoms. The first-order chi connectivity index (χ1) is 15.5. The number of phenols is 1. The minimum absolute atomic E-state index is 0.00783. The highest BCUT2D eigenvalue weighted by Crippen LogP contribution is 2.75. The molecule has 7 atom stereocenters. The van der Waals surface area contributed by atoms with Gasteiger partial charge < -0.3 is 14.6 Å². The van der Waals surface area contributed by atoms with Crippen molar-refractivity contribution in [3.8, 4) is 11.5 Å². The van der Waals surface area contributed by atoms with E-state index in [-0.39, 0.29) is 34.6 Å².